The number of allylic oxidation sites excluding steroid dienone is 1. The lowest BCUT2D eigenvalue weighted by Gasteiger charge is -2.37. The molecule has 0 amide bonds. The van der Waals surface area contributed by atoms with Crippen molar-refractivity contribution in [1.29, 1.82) is 0 Å². The van der Waals surface area contributed by atoms with Gasteiger partial charge in [-0.25, -0.2) is 0 Å². The molecule has 1 fully saturated rings. The maximum absolute atomic E-state index is 6.96. The quantitative estimate of drug-likeness (QED) is 0.511. The summed E-state index contributed by atoms with van der Waals surface area (Å²) in [7, 11) is 1.97. The summed E-state index contributed by atoms with van der Waals surface area (Å²) in [5.41, 5.74) is 3.01. The highest BCUT2D eigenvalue weighted by Gasteiger charge is 2.28. The van der Waals surface area contributed by atoms with Crippen molar-refractivity contribution in [2.75, 3.05) is 32.1 Å². The number of benzene rings is 1. The van der Waals surface area contributed by atoms with Crippen LogP contribution in [0.2, 0.25) is 5.02 Å². The number of hydrogen-bond acceptors (Lipinski definition) is 7. The lowest BCUT2D eigenvalue weighted by atomic mass is 9.97. The number of nitrogens with one attached hydrogen (secondary N) is 5. The van der Waals surface area contributed by atoms with E-state index in [1.807, 2.05) is 13.1 Å². The Morgan fingerprint density at radius 3 is 2.79 bits per heavy atom. The summed E-state index contributed by atoms with van der Waals surface area (Å²) in [6, 6.07) is 2.81. The van der Waals surface area contributed by atoms with Crippen LogP contribution in [-0.4, -0.2) is 51.3 Å². The van der Waals surface area contributed by atoms with Gasteiger partial charge in [-0.2, -0.15) is 0 Å². The Labute approximate surface area is 177 Å². The fourth-order valence-corrected chi connectivity index (χ4v) is 4.52. The summed E-state index contributed by atoms with van der Waals surface area (Å²) >= 11 is 6.96. The average Bonchev–Trinajstić information content (AvgIpc) is 2.92. The number of fused-ring (bicyclic) bond motifs is 1. The first-order valence-corrected chi connectivity index (χ1v) is 10.9. The summed E-state index contributed by atoms with van der Waals surface area (Å²) in [5.74, 6) is 1.51. The lowest BCUT2D eigenvalue weighted by molar-refractivity contribution is 0.171. The molecule has 3 aliphatic rings. The van der Waals surface area contributed by atoms with Gasteiger partial charge in [-0.3, -0.25) is 10.6 Å². The first-order valence-electron chi connectivity index (χ1n) is 10.6. The first kappa shape index (κ1) is 20.8. The zero-order valence-corrected chi connectivity index (χ0v) is 18.2. The van der Waals surface area contributed by atoms with Crippen LogP contribution in [0.4, 0.5) is 5.69 Å². The highest BCUT2D eigenvalue weighted by Crippen LogP contribution is 2.47. The van der Waals surface area contributed by atoms with E-state index in [4.69, 9.17) is 21.1 Å². The third-order valence-corrected chi connectivity index (χ3v) is 6.20. The Balaban J connectivity index is 1.67. The van der Waals surface area contributed by atoms with Crippen molar-refractivity contribution in [3.8, 4) is 11.5 Å². The molecular weight excluding hydrogens is 390 g/mol. The summed E-state index contributed by atoms with van der Waals surface area (Å²) in [6.45, 7) is 6.31. The summed E-state index contributed by atoms with van der Waals surface area (Å²) in [4.78, 5) is 0. The fourth-order valence-electron chi connectivity index (χ4n) is 4.21. The van der Waals surface area contributed by atoms with Crippen molar-refractivity contribution in [2.24, 2.45) is 0 Å². The van der Waals surface area contributed by atoms with Gasteiger partial charge < -0.3 is 25.4 Å². The van der Waals surface area contributed by atoms with Gasteiger partial charge in [0, 0.05) is 30.3 Å². The smallest absolute Gasteiger partial charge is 0.170 e. The number of hydrogen-bond donors (Lipinski definition) is 5. The first-order chi connectivity index (χ1) is 14.0. The third-order valence-electron chi connectivity index (χ3n) is 5.81. The minimum absolute atomic E-state index is 0.103. The van der Waals surface area contributed by atoms with Gasteiger partial charge in [-0.15, -0.1) is 0 Å². The van der Waals surface area contributed by atoms with Gasteiger partial charge >= 0.3 is 0 Å². The zero-order chi connectivity index (χ0) is 20.4. The normalized spacial score (nSPS) is 29.7. The van der Waals surface area contributed by atoms with Crippen LogP contribution in [-0.2, 0) is 0 Å². The van der Waals surface area contributed by atoms with Crippen LogP contribution in [0.1, 0.15) is 38.7 Å². The molecule has 1 saturated heterocycles. The van der Waals surface area contributed by atoms with Crippen molar-refractivity contribution in [3.63, 3.8) is 0 Å². The molecule has 0 spiro atoms. The van der Waals surface area contributed by atoms with E-state index in [0.29, 0.717) is 30.3 Å². The molecule has 3 aliphatic heterocycles. The Bertz CT molecular complexity index is 772. The van der Waals surface area contributed by atoms with Gasteiger partial charge in [0.25, 0.3) is 0 Å². The maximum Gasteiger partial charge on any atom is 0.170 e. The molecule has 29 heavy (non-hydrogen) atoms. The minimum Gasteiger partial charge on any atom is -0.486 e. The fraction of sp³-hybridized carbons (Fsp3) is 0.619. The van der Waals surface area contributed by atoms with Gasteiger partial charge in [0.05, 0.1) is 16.9 Å². The Morgan fingerprint density at radius 2 is 1.97 bits per heavy atom. The van der Waals surface area contributed by atoms with E-state index < -0.39 is 0 Å². The molecule has 160 valence electrons. The average molecular weight is 422 g/mol. The van der Waals surface area contributed by atoms with E-state index in [2.05, 4.69) is 46.5 Å². The van der Waals surface area contributed by atoms with Gasteiger partial charge in [0.2, 0.25) is 0 Å². The van der Waals surface area contributed by atoms with E-state index >= 15 is 0 Å². The van der Waals surface area contributed by atoms with Crippen molar-refractivity contribution in [2.45, 2.75) is 57.6 Å². The van der Waals surface area contributed by atoms with E-state index in [1.54, 1.807) is 0 Å². The predicted octanol–water partition coefficient (Wildman–Crippen LogP) is 2.48. The lowest BCUT2D eigenvalue weighted by Crippen LogP contribution is -2.63. The molecule has 0 bridgehead atoms. The Kier molecular flexibility index (Phi) is 6.51. The van der Waals surface area contributed by atoms with Crippen LogP contribution in [0, 0.1) is 0 Å². The Morgan fingerprint density at radius 1 is 1.14 bits per heavy atom. The van der Waals surface area contributed by atoms with Crippen molar-refractivity contribution in [3.05, 3.63) is 22.7 Å². The molecule has 1 aromatic carbocycles. The predicted molar refractivity (Wildman–Crippen MR) is 118 cm³/mol. The molecule has 5 N–H and O–H groups in total. The number of rotatable bonds is 4. The standard InChI is InChI=1S/C21H32ClN5O2/c1-12-4-5-14(6-7-24-12)18-19(22)15(11-16-20(18)29-9-8-28-16)26-21-25-13(2)10-17(23-3)27-21/h6,11-13,17,21,23-27H,4-5,7-10H2,1-3H3/t12-,13?,17?,21?/m1/s1. The monoisotopic (exact) mass is 421 g/mol. The van der Waals surface area contributed by atoms with Crippen molar-refractivity contribution < 1.29 is 9.47 Å². The summed E-state index contributed by atoms with van der Waals surface area (Å²) < 4.78 is 11.9. The van der Waals surface area contributed by atoms with Gasteiger partial charge in [0.15, 0.2) is 11.5 Å². The molecule has 0 saturated carbocycles. The minimum atomic E-state index is -0.103. The Hall–Kier alpha value is -1.51. The van der Waals surface area contributed by atoms with Crippen LogP contribution in [0.5, 0.6) is 11.5 Å². The number of halogens is 1. The third kappa shape index (κ3) is 4.64. The van der Waals surface area contributed by atoms with Crippen molar-refractivity contribution in [1.82, 2.24) is 21.3 Å². The molecular formula is C21H32ClN5O2. The van der Waals surface area contributed by atoms with Crippen LogP contribution in [0.3, 0.4) is 0 Å². The second-order valence-corrected chi connectivity index (χ2v) is 8.48. The van der Waals surface area contributed by atoms with Gasteiger partial charge in [-0.05, 0) is 45.7 Å². The topological polar surface area (TPSA) is 78.6 Å². The highest BCUT2D eigenvalue weighted by atomic mass is 35.5. The summed E-state index contributed by atoms with van der Waals surface area (Å²) in [5, 5.41) is 18.1. The maximum atomic E-state index is 6.96. The van der Waals surface area contributed by atoms with Crippen LogP contribution >= 0.6 is 11.6 Å². The number of ether oxygens (including phenoxy) is 2. The van der Waals surface area contributed by atoms with Crippen LogP contribution in [0.25, 0.3) is 5.57 Å². The molecule has 0 aliphatic carbocycles. The van der Waals surface area contributed by atoms with Crippen LogP contribution in [0.15, 0.2) is 12.1 Å². The van der Waals surface area contributed by atoms with E-state index in [0.717, 1.165) is 48.6 Å². The van der Waals surface area contributed by atoms with Gasteiger partial charge in [-0.1, -0.05) is 17.7 Å². The molecule has 3 unspecified atom stereocenters. The van der Waals surface area contributed by atoms with Crippen molar-refractivity contribution >= 4 is 22.9 Å². The molecule has 7 nitrogen and oxygen atoms in total. The van der Waals surface area contributed by atoms with Crippen LogP contribution < -0.4 is 36.1 Å². The molecule has 8 heteroatoms. The number of anilines is 1. The SMILES string of the molecule is CNC1CC(C)NC(Nc2cc3c(c(C4=CCN[C@H](C)CC4)c2Cl)OCCO3)N1. The zero-order valence-electron chi connectivity index (χ0n) is 17.4. The molecule has 0 aromatic heterocycles. The molecule has 1 aromatic rings. The van der Waals surface area contributed by atoms with Gasteiger partial charge in [0.1, 0.15) is 19.5 Å². The summed E-state index contributed by atoms with van der Waals surface area (Å²) in [6.07, 6.45) is 5.37. The second-order valence-electron chi connectivity index (χ2n) is 8.10. The molecule has 4 atom stereocenters. The van der Waals surface area contributed by atoms with E-state index in [9.17, 15) is 0 Å². The van der Waals surface area contributed by atoms with E-state index in [1.165, 1.54) is 5.57 Å². The largest absolute Gasteiger partial charge is 0.486 e. The van der Waals surface area contributed by atoms with E-state index in [-0.39, 0.29) is 12.5 Å². The highest BCUT2D eigenvalue weighted by molar-refractivity contribution is 6.35. The second kappa shape index (κ2) is 9.10. The molecule has 4 rings (SSSR count). The molecule has 3 heterocycles. The molecule has 0 radical (unpaired) electrons.